The molecule has 322 valence electrons. The smallest absolute Gasteiger partial charge is 0.462 e. The fourth-order valence-corrected chi connectivity index (χ4v) is 5.94. The number of carbonyl (C=O) groups excluding carboxylic acids is 2. The van der Waals surface area contributed by atoms with E-state index < -0.39 is 51.8 Å². The Morgan fingerprint density at radius 1 is 0.571 bits per heavy atom. The van der Waals surface area contributed by atoms with Crippen molar-refractivity contribution in [3.05, 3.63) is 72.9 Å². The fourth-order valence-electron chi connectivity index (χ4n) is 5.15. The number of hydrogen-bond acceptors (Lipinski definition) is 10. The molecule has 0 aliphatic heterocycles. The second-order valence-electron chi connectivity index (χ2n) is 13.8. The van der Waals surface area contributed by atoms with Crippen LogP contribution in [0.25, 0.3) is 0 Å². The maximum atomic E-state index is 12.6. The molecule has 0 aromatic heterocycles. The van der Waals surface area contributed by atoms with E-state index in [0.717, 1.165) is 77.0 Å². The van der Waals surface area contributed by atoms with Gasteiger partial charge >= 0.3 is 19.8 Å². The molecule has 56 heavy (non-hydrogen) atoms. The van der Waals surface area contributed by atoms with Crippen LogP contribution in [0.2, 0.25) is 0 Å². The molecule has 0 heterocycles. The van der Waals surface area contributed by atoms with E-state index in [1.165, 1.54) is 19.3 Å². The third-order valence-electron chi connectivity index (χ3n) is 8.39. The van der Waals surface area contributed by atoms with Gasteiger partial charge in [0.2, 0.25) is 0 Å². The lowest BCUT2D eigenvalue weighted by molar-refractivity contribution is -0.161. The summed E-state index contributed by atoms with van der Waals surface area (Å²) in [5.41, 5.74) is 0. The molecule has 0 aliphatic carbocycles. The summed E-state index contributed by atoms with van der Waals surface area (Å²) in [7, 11) is -4.64. The number of phosphoric ester groups is 1. The normalized spacial score (nSPS) is 15.2. The molecular weight excluding hydrogens is 735 g/mol. The highest BCUT2D eigenvalue weighted by Gasteiger charge is 2.27. The van der Waals surface area contributed by atoms with Crippen molar-refractivity contribution in [3.63, 3.8) is 0 Å². The number of unbranched alkanes of at least 4 members (excludes halogenated alkanes) is 9. The van der Waals surface area contributed by atoms with Crippen molar-refractivity contribution in [1.82, 2.24) is 0 Å². The highest BCUT2D eigenvalue weighted by Crippen LogP contribution is 2.43. The Kier molecular flexibility index (Phi) is 37.4. The predicted molar refractivity (Wildman–Crippen MR) is 225 cm³/mol. The van der Waals surface area contributed by atoms with Gasteiger partial charge in [-0.3, -0.25) is 18.6 Å². The van der Waals surface area contributed by atoms with Gasteiger partial charge < -0.3 is 29.7 Å². The van der Waals surface area contributed by atoms with Crippen LogP contribution in [0.15, 0.2) is 72.9 Å². The zero-order valence-electron chi connectivity index (χ0n) is 34.4. The van der Waals surface area contributed by atoms with E-state index in [-0.39, 0.29) is 25.6 Å². The molecule has 0 saturated heterocycles. The number of phosphoric acid groups is 1. The minimum absolute atomic E-state index is 0.144. The number of allylic oxidation sites excluding steroid dienone is 11. The molecule has 0 spiro atoms. The monoisotopic (exact) mass is 811 g/mol. The second kappa shape index (κ2) is 39.2. The van der Waals surface area contributed by atoms with Crippen molar-refractivity contribution in [2.45, 2.75) is 167 Å². The Hall–Kier alpha value is -2.63. The number of aliphatic hydroxyl groups excluding tert-OH is 3. The Morgan fingerprint density at radius 2 is 1.07 bits per heavy atom. The van der Waals surface area contributed by atoms with Crippen LogP contribution in [0, 0.1) is 0 Å². The first-order chi connectivity index (χ1) is 27.1. The summed E-state index contributed by atoms with van der Waals surface area (Å²) in [5.74, 6) is -1.03. The van der Waals surface area contributed by atoms with E-state index in [1.54, 1.807) is 0 Å². The SMILES string of the molecule is CCCCC/C=C\C/C=C\CCCCCCCC(=O)O[C@H](COC(=O)CCC/C=C\C/C=C\C/C=C\C/C=C\CC(O)CCC)COP(=O)(O)OC[C@@H](O)CO. The van der Waals surface area contributed by atoms with E-state index in [0.29, 0.717) is 25.7 Å². The standard InChI is InChI=1S/C44H75O11P/c1-3-5-6-7-8-9-10-11-12-15-19-22-25-28-31-35-44(49)55-42(39-54-56(50,51)53-37-41(47)36-45)38-52-43(48)34-30-27-24-21-18-16-13-14-17-20-23-26-29-33-40(46)32-4-2/h8-9,11-13,16-17,20-21,24,26,29,40-42,45-47H,3-7,10,14-15,18-19,22-23,25,27-28,30-39H2,1-2H3,(H,50,51)/b9-8-,12-11-,16-13-,20-17-,24-21-,29-26-/t40?,41-,42+/m0/s1. The molecule has 11 nitrogen and oxygen atoms in total. The summed E-state index contributed by atoms with van der Waals surface area (Å²) < 4.78 is 32.6. The van der Waals surface area contributed by atoms with Gasteiger partial charge in [0.1, 0.15) is 12.7 Å². The molecule has 0 rings (SSSR count). The number of aliphatic hydroxyl groups is 3. The lowest BCUT2D eigenvalue weighted by atomic mass is 10.1. The zero-order chi connectivity index (χ0) is 41.4. The number of hydrogen-bond donors (Lipinski definition) is 4. The van der Waals surface area contributed by atoms with E-state index >= 15 is 0 Å². The van der Waals surface area contributed by atoms with E-state index in [9.17, 15) is 29.3 Å². The molecule has 4 atom stereocenters. The van der Waals surface area contributed by atoms with E-state index in [1.807, 2.05) is 18.2 Å². The van der Waals surface area contributed by atoms with Gasteiger partial charge in [0.25, 0.3) is 0 Å². The average molecular weight is 811 g/mol. The van der Waals surface area contributed by atoms with Crippen molar-refractivity contribution in [3.8, 4) is 0 Å². The highest BCUT2D eigenvalue weighted by atomic mass is 31.2. The minimum Gasteiger partial charge on any atom is -0.462 e. The van der Waals surface area contributed by atoms with Crippen molar-refractivity contribution >= 4 is 19.8 Å². The summed E-state index contributed by atoms with van der Waals surface area (Å²) in [6.07, 6.45) is 40.8. The Balaban J connectivity index is 4.47. The van der Waals surface area contributed by atoms with Crippen LogP contribution in [0.3, 0.4) is 0 Å². The zero-order valence-corrected chi connectivity index (χ0v) is 35.3. The van der Waals surface area contributed by atoms with Crippen LogP contribution in [0.5, 0.6) is 0 Å². The van der Waals surface area contributed by atoms with Crippen LogP contribution >= 0.6 is 7.82 Å². The van der Waals surface area contributed by atoms with Gasteiger partial charge in [0, 0.05) is 12.8 Å². The van der Waals surface area contributed by atoms with Crippen molar-refractivity contribution in [2.24, 2.45) is 0 Å². The Bertz CT molecular complexity index is 1180. The van der Waals surface area contributed by atoms with Crippen molar-refractivity contribution in [2.75, 3.05) is 26.4 Å². The maximum absolute atomic E-state index is 12.6. The van der Waals surface area contributed by atoms with E-state index in [2.05, 4.69) is 73.1 Å². The molecule has 0 bridgehead atoms. The lowest BCUT2D eigenvalue weighted by Gasteiger charge is -2.20. The van der Waals surface area contributed by atoms with Crippen LogP contribution in [0.1, 0.15) is 149 Å². The summed E-state index contributed by atoms with van der Waals surface area (Å²) in [4.78, 5) is 34.9. The van der Waals surface area contributed by atoms with Crippen LogP contribution < -0.4 is 0 Å². The van der Waals surface area contributed by atoms with Gasteiger partial charge in [-0.2, -0.15) is 0 Å². The molecule has 12 heteroatoms. The van der Waals surface area contributed by atoms with Gasteiger partial charge in [0.05, 0.1) is 25.9 Å². The summed E-state index contributed by atoms with van der Waals surface area (Å²) >= 11 is 0. The Labute approximate surface area is 338 Å². The van der Waals surface area contributed by atoms with Crippen molar-refractivity contribution in [1.29, 1.82) is 0 Å². The van der Waals surface area contributed by atoms with Crippen LogP contribution in [-0.4, -0.2) is 76.9 Å². The number of carbonyl (C=O) groups is 2. The van der Waals surface area contributed by atoms with Crippen molar-refractivity contribution < 1.29 is 52.9 Å². The van der Waals surface area contributed by atoms with Gasteiger partial charge in [-0.1, -0.05) is 125 Å². The first-order valence-corrected chi connectivity index (χ1v) is 22.5. The molecule has 4 N–H and O–H groups in total. The predicted octanol–water partition coefficient (Wildman–Crippen LogP) is 9.86. The fraction of sp³-hybridized carbons (Fsp3) is 0.682. The molecule has 0 saturated carbocycles. The number of rotatable bonds is 38. The second-order valence-corrected chi connectivity index (χ2v) is 15.3. The molecular formula is C44H75O11P. The maximum Gasteiger partial charge on any atom is 0.472 e. The van der Waals surface area contributed by atoms with Crippen LogP contribution in [0.4, 0.5) is 0 Å². The quantitative estimate of drug-likeness (QED) is 0.0203. The first kappa shape index (κ1) is 53.4. The first-order valence-electron chi connectivity index (χ1n) is 21.0. The highest BCUT2D eigenvalue weighted by molar-refractivity contribution is 7.47. The van der Waals surface area contributed by atoms with Gasteiger partial charge in [-0.15, -0.1) is 0 Å². The summed E-state index contributed by atoms with van der Waals surface area (Å²) in [6, 6.07) is 0. The minimum atomic E-state index is -4.64. The van der Waals surface area contributed by atoms with Gasteiger partial charge in [0.15, 0.2) is 6.10 Å². The lowest BCUT2D eigenvalue weighted by Crippen LogP contribution is -2.29. The number of ether oxygens (including phenoxy) is 2. The molecule has 0 aliphatic rings. The largest absolute Gasteiger partial charge is 0.472 e. The topological polar surface area (TPSA) is 169 Å². The molecule has 0 amide bonds. The van der Waals surface area contributed by atoms with Crippen LogP contribution in [-0.2, 0) is 32.7 Å². The third kappa shape index (κ3) is 38.3. The molecule has 0 aromatic rings. The van der Waals surface area contributed by atoms with Gasteiger partial charge in [-0.05, 0) is 83.5 Å². The Morgan fingerprint density at radius 3 is 1.66 bits per heavy atom. The molecule has 0 fully saturated rings. The van der Waals surface area contributed by atoms with E-state index in [4.69, 9.17) is 19.1 Å². The molecule has 0 aromatic carbocycles. The third-order valence-corrected chi connectivity index (χ3v) is 9.34. The molecule has 0 radical (unpaired) electrons. The van der Waals surface area contributed by atoms with Gasteiger partial charge in [-0.25, -0.2) is 4.57 Å². The summed E-state index contributed by atoms with van der Waals surface area (Å²) in [5, 5.41) is 28.0. The molecule has 2 unspecified atom stereocenters. The number of esters is 2. The average Bonchev–Trinajstić information content (AvgIpc) is 3.18. The summed E-state index contributed by atoms with van der Waals surface area (Å²) in [6.45, 7) is 2.04.